The molecule has 68 heavy (non-hydrogen) atoms. The molecule has 390 valence electrons. The number of hydrogen-bond acceptors (Lipinski definition) is 19. The number of nitrogens with one attached hydrogen (secondary N) is 2. The number of thioether (sulfide) groups is 1. The van der Waals surface area contributed by atoms with Gasteiger partial charge in [-0.05, 0) is 19.3 Å². The van der Waals surface area contributed by atoms with E-state index in [4.69, 9.17) is 19.5 Å². The first kappa shape index (κ1) is 59.8. The molecule has 8 atom stereocenters. The summed E-state index contributed by atoms with van der Waals surface area (Å²) in [6, 6.07) is 0. The number of amides is 2. The van der Waals surface area contributed by atoms with E-state index in [9.17, 15) is 63.0 Å². The molecule has 0 saturated carbocycles. The molecule has 2 aromatic heterocycles. The maximum absolute atomic E-state index is 12.7. The minimum Gasteiger partial charge on any atom is -0.393 e. The Balaban J connectivity index is 1.29. The van der Waals surface area contributed by atoms with E-state index in [0.717, 1.165) is 86.8 Å². The standard InChI is InChI=1S/C39H70N7O18P3S/c1-4-5-13-16-27(47)17-14-11-9-7-6-8-10-12-15-18-30(49)68-22-21-41-29(48)19-20-42-37(52)34(51)39(2,3)24-61-67(58,59)64-66(56,57)60-23-28-33(63-65(53,54)55)32(50)38(62-28)46-26-45-31-35(40)43-25-44-36(31)46/h25-28,32-34,38,47,50-51H,4-24H2,1-3H3,(H,41,48)(H,42,52)(H,56,57)(H,58,59)(H2,40,43,44)(H2,53,54,55). The minimum atomic E-state index is -5.58. The summed E-state index contributed by atoms with van der Waals surface area (Å²) in [6.45, 7) is 2.70. The van der Waals surface area contributed by atoms with E-state index >= 15 is 0 Å². The van der Waals surface area contributed by atoms with Crippen LogP contribution in [0.2, 0.25) is 0 Å². The van der Waals surface area contributed by atoms with Crippen LogP contribution in [-0.4, -0.2) is 134 Å². The van der Waals surface area contributed by atoms with Crippen LogP contribution in [0.25, 0.3) is 11.2 Å². The van der Waals surface area contributed by atoms with Gasteiger partial charge in [-0.1, -0.05) is 103 Å². The summed E-state index contributed by atoms with van der Waals surface area (Å²) in [5.74, 6) is -1.05. The Bertz CT molecular complexity index is 2030. The summed E-state index contributed by atoms with van der Waals surface area (Å²) < 4.78 is 62.4. The number of nitrogen functional groups attached to an aromatic ring is 1. The zero-order valence-electron chi connectivity index (χ0n) is 38.7. The third kappa shape index (κ3) is 21.9. The molecular weight excluding hydrogens is 979 g/mol. The molecule has 25 nitrogen and oxygen atoms in total. The van der Waals surface area contributed by atoms with E-state index in [0.29, 0.717) is 12.2 Å². The highest BCUT2D eigenvalue weighted by Gasteiger charge is 2.50. The van der Waals surface area contributed by atoms with Gasteiger partial charge in [0.15, 0.2) is 22.8 Å². The van der Waals surface area contributed by atoms with Gasteiger partial charge in [0.2, 0.25) is 11.8 Å². The number of carbonyl (C=O) groups is 3. The molecule has 11 N–H and O–H groups in total. The predicted octanol–water partition coefficient (Wildman–Crippen LogP) is 3.90. The van der Waals surface area contributed by atoms with Crippen LogP contribution in [0.5, 0.6) is 0 Å². The lowest BCUT2D eigenvalue weighted by molar-refractivity contribution is -0.137. The highest BCUT2D eigenvalue weighted by molar-refractivity contribution is 8.13. The Kier molecular flexibility index (Phi) is 25.6. The van der Waals surface area contributed by atoms with Gasteiger partial charge in [0.05, 0.1) is 25.6 Å². The fourth-order valence-corrected chi connectivity index (χ4v) is 10.6. The van der Waals surface area contributed by atoms with Crippen molar-refractivity contribution in [2.75, 3.05) is 37.8 Å². The van der Waals surface area contributed by atoms with Crippen molar-refractivity contribution in [1.29, 1.82) is 0 Å². The summed E-state index contributed by atoms with van der Waals surface area (Å²) in [7, 11) is -16.4. The lowest BCUT2D eigenvalue weighted by Gasteiger charge is -2.30. The fourth-order valence-electron chi connectivity index (χ4n) is 7.03. The maximum atomic E-state index is 12.7. The summed E-state index contributed by atoms with van der Waals surface area (Å²) in [6.07, 6.45) is 8.42. The number of phosphoric ester groups is 3. The van der Waals surface area contributed by atoms with Gasteiger partial charge < -0.3 is 56.0 Å². The van der Waals surface area contributed by atoms with Crippen molar-refractivity contribution >= 4 is 69.1 Å². The first-order chi connectivity index (χ1) is 31.9. The Morgan fingerprint density at radius 2 is 1.49 bits per heavy atom. The number of rotatable bonds is 35. The molecular formula is C39H70N7O18P3S. The maximum Gasteiger partial charge on any atom is 0.481 e. The van der Waals surface area contributed by atoms with Crippen LogP contribution in [0.15, 0.2) is 12.7 Å². The summed E-state index contributed by atoms with van der Waals surface area (Å²) in [5.41, 5.74) is 4.28. The molecule has 0 aliphatic carbocycles. The van der Waals surface area contributed by atoms with E-state index in [-0.39, 0.29) is 47.7 Å². The number of aliphatic hydroxyl groups excluding tert-OH is 3. The molecule has 0 spiro atoms. The van der Waals surface area contributed by atoms with E-state index in [1.807, 2.05) is 0 Å². The minimum absolute atomic E-state index is 0.0310. The molecule has 2 aromatic rings. The van der Waals surface area contributed by atoms with Gasteiger partial charge in [0, 0.05) is 37.1 Å². The molecule has 2 amide bonds. The molecule has 1 saturated heterocycles. The Morgan fingerprint density at radius 3 is 2.13 bits per heavy atom. The highest BCUT2D eigenvalue weighted by atomic mass is 32.2. The molecule has 1 fully saturated rings. The fraction of sp³-hybridized carbons (Fsp3) is 0.795. The number of anilines is 1. The zero-order chi connectivity index (χ0) is 50.5. The molecule has 0 radical (unpaired) electrons. The number of aliphatic hydroxyl groups is 3. The van der Waals surface area contributed by atoms with Crippen molar-refractivity contribution < 1.29 is 85.6 Å². The van der Waals surface area contributed by atoms with Crippen molar-refractivity contribution in [3.05, 3.63) is 12.7 Å². The number of carbonyl (C=O) groups excluding carboxylic acids is 3. The third-order valence-corrected chi connectivity index (χ3v) is 14.9. The molecule has 1 aliphatic heterocycles. The van der Waals surface area contributed by atoms with E-state index < -0.39 is 84.6 Å². The number of nitrogens with two attached hydrogens (primary N) is 1. The second kappa shape index (κ2) is 29.1. The topological polar surface area (TPSA) is 384 Å². The number of aromatic nitrogens is 4. The van der Waals surface area contributed by atoms with Crippen LogP contribution in [-0.2, 0) is 50.7 Å². The monoisotopic (exact) mass is 1050 g/mol. The zero-order valence-corrected chi connectivity index (χ0v) is 42.2. The van der Waals surface area contributed by atoms with Crippen molar-refractivity contribution in [2.24, 2.45) is 5.41 Å². The molecule has 3 heterocycles. The van der Waals surface area contributed by atoms with Crippen LogP contribution in [0.3, 0.4) is 0 Å². The van der Waals surface area contributed by atoms with Gasteiger partial charge in [-0.2, -0.15) is 4.31 Å². The highest BCUT2D eigenvalue weighted by Crippen LogP contribution is 2.61. The molecule has 0 bridgehead atoms. The summed E-state index contributed by atoms with van der Waals surface area (Å²) >= 11 is 1.14. The van der Waals surface area contributed by atoms with Crippen molar-refractivity contribution in [3.8, 4) is 0 Å². The van der Waals surface area contributed by atoms with Gasteiger partial charge in [-0.25, -0.2) is 28.6 Å². The quantitative estimate of drug-likeness (QED) is 0.0346. The average molecular weight is 1050 g/mol. The Morgan fingerprint density at radius 1 is 0.868 bits per heavy atom. The van der Waals surface area contributed by atoms with E-state index in [1.165, 1.54) is 46.0 Å². The number of hydrogen-bond donors (Lipinski definition) is 10. The Labute approximate surface area is 399 Å². The number of fused-ring (bicyclic) bond motifs is 1. The van der Waals surface area contributed by atoms with E-state index in [2.05, 4.69) is 41.3 Å². The summed E-state index contributed by atoms with van der Waals surface area (Å²) in [4.78, 5) is 88.4. The molecule has 8 unspecified atom stereocenters. The van der Waals surface area contributed by atoms with Crippen molar-refractivity contribution in [2.45, 2.75) is 160 Å². The predicted molar refractivity (Wildman–Crippen MR) is 248 cm³/mol. The van der Waals surface area contributed by atoms with Gasteiger partial charge >= 0.3 is 23.5 Å². The molecule has 3 rings (SSSR count). The normalized spacial score (nSPS) is 20.4. The summed E-state index contributed by atoms with van der Waals surface area (Å²) in [5, 5.41) is 36.6. The van der Waals surface area contributed by atoms with Crippen LogP contribution < -0.4 is 16.4 Å². The first-order valence-electron chi connectivity index (χ1n) is 22.7. The lowest BCUT2D eigenvalue weighted by Crippen LogP contribution is -2.46. The lowest BCUT2D eigenvalue weighted by atomic mass is 9.87. The third-order valence-electron chi connectivity index (χ3n) is 10.8. The molecule has 29 heteroatoms. The van der Waals surface area contributed by atoms with Gasteiger partial charge in [-0.3, -0.25) is 32.5 Å². The van der Waals surface area contributed by atoms with Gasteiger partial charge in [0.25, 0.3) is 0 Å². The first-order valence-corrected chi connectivity index (χ1v) is 28.2. The number of phosphoric acid groups is 3. The van der Waals surface area contributed by atoms with Crippen LogP contribution >= 0.6 is 35.2 Å². The van der Waals surface area contributed by atoms with Crippen LogP contribution in [0.1, 0.15) is 130 Å². The van der Waals surface area contributed by atoms with Crippen LogP contribution in [0, 0.1) is 5.41 Å². The van der Waals surface area contributed by atoms with Crippen LogP contribution in [0.4, 0.5) is 5.82 Å². The average Bonchev–Trinajstić information content (AvgIpc) is 3.82. The Hall–Kier alpha value is -2.48. The van der Waals surface area contributed by atoms with Gasteiger partial charge in [0.1, 0.15) is 36.3 Å². The number of nitrogens with zero attached hydrogens (tertiary/aromatic N) is 4. The van der Waals surface area contributed by atoms with E-state index in [1.54, 1.807) is 0 Å². The number of unbranched alkanes of at least 4 members (excludes halogenated alkanes) is 10. The molecule has 0 aromatic carbocycles. The smallest absolute Gasteiger partial charge is 0.393 e. The second-order valence-electron chi connectivity index (χ2n) is 17.2. The second-order valence-corrected chi connectivity index (χ2v) is 22.5. The van der Waals surface area contributed by atoms with Crippen molar-refractivity contribution in [3.63, 3.8) is 0 Å². The van der Waals surface area contributed by atoms with Crippen molar-refractivity contribution in [1.82, 2.24) is 30.2 Å². The van der Waals surface area contributed by atoms with Gasteiger partial charge in [-0.15, -0.1) is 0 Å². The largest absolute Gasteiger partial charge is 0.481 e. The number of ether oxygens (including phenoxy) is 1. The number of imidazole rings is 1. The molecule has 1 aliphatic rings. The SMILES string of the molecule is CCCCCC(O)CCCCCCCCCCCC(=O)SCCNC(=O)CCNC(=O)C(O)C(C)(C)COP(=O)(O)OP(=O)(O)OCC1OC(n2cnc3c(N)ncnc32)C(O)C1OP(=O)(O)O.